The van der Waals surface area contributed by atoms with Crippen molar-refractivity contribution in [2.45, 2.75) is 71.0 Å². The van der Waals surface area contributed by atoms with Gasteiger partial charge >= 0.3 is 0 Å². The van der Waals surface area contributed by atoms with Crippen LogP contribution in [-0.2, 0) is 4.74 Å². The van der Waals surface area contributed by atoms with Crippen molar-refractivity contribution in [3.05, 3.63) is 0 Å². The summed E-state index contributed by atoms with van der Waals surface area (Å²) in [6, 6.07) is 0. The molecule has 16 heavy (non-hydrogen) atoms. The zero-order valence-electron chi connectivity index (χ0n) is 11.4. The van der Waals surface area contributed by atoms with Crippen LogP contribution in [0.25, 0.3) is 0 Å². The Bertz CT molecular complexity index is 259. The highest BCUT2D eigenvalue weighted by Crippen LogP contribution is 2.49. The van der Waals surface area contributed by atoms with Crippen LogP contribution < -0.4 is 5.32 Å². The summed E-state index contributed by atoms with van der Waals surface area (Å²) in [6.07, 6.45) is 6.31. The minimum Gasteiger partial charge on any atom is -0.366 e. The molecule has 2 aliphatic rings. The maximum Gasteiger partial charge on any atom is 0.0864 e. The van der Waals surface area contributed by atoms with Gasteiger partial charge in [0.05, 0.1) is 11.2 Å². The molecule has 0 aromatic rings. The van der Waals surface area contributed by atoms with Crippen LogP contribution in [-0.4, -0.2) is 24.3 Å². The van der Waals surface area contributed by atoms with Gasteiger partial charge in [0.25, 0.3) is 0 Å². The number of nitrogens with one attached hydrogen (secondary N) is 1. The van der Waals surface area contributed by atoms with Gasteiger partial charge in [-0.15, -0.1) is 0 Å². The number of hydrogen-bond donors (Lipinski definition) is 1. The molecule has 2 fully saturated rings. The normalized spacial score (nSPS) is 43.5. The van der Waals surface area contributed by atoms with E-state index in [9.17, 15) is 0 Å². The molecule has 1 spiro atoms. The lowest BCUT2D eigenvalue weighted by molar-refractivity contribution is -0.231. The van der Waals surface area contributed by atoms with Crippen LogP contribution in [0.2, 0.25) is 0 Å². The third-order valence-electron chi connectivity index (χ3n) is 4.96. The molecule has 0 aromatic heterocycles. The molecule has 2 rings (SSSR count). The zero-order chi connectivity index (χ0) is 11.9. The van der Waals surface area contributed by atoms with E-state index < -0.39 is 0 Å². The Balaban J connectivity index is 2.22. The minimum absolute atomic E-state index is 0.0346. The summed E-state index contributed by atoms with van der Waals surface area (Å²) in [6.45, 7) is 11.3. The summed E-state index contributed by atoms with van der Waals surface area (Å²) >= 11 is 0. The van der Waals surface area contributed by atoms with E-state index in [2.05, 4.69) is 33.0 Å². The second-order valence-electron chi connectivity index (χ2n) is 6.59. The van der Waals surface area contributed by atoms with Crippen LogP contribution in [0, 0.1) is 5.41 Å². The molecule has 2 atom stereocenters. The standard InChI is InChI=1S/C14H27NO/c1-5-13(4)10-15-11-14(16-13)9-7-6-8-12(14,2)3/h15H,5-11H2,1-4H3. The van der Waals surface area contributed by atoms with E-state index in [4.69, 9.17) is 4.74 Å². The average Bonchev–Trinajstić information content (AvgIpc) is 2.23. The third-order valence-corrected chi connectivity index (χ3v) is 4.96. The van der Waals surface area contributed by atoms with E-state index in [0.29, 0.717) is 5.41 Å². The van der Waals surface area contributed by atoms with Crippen molar-refractivity contribution in [2.24, 2.45) is 5.41 Å². The maximum atomic E-state index is 6.60. The molecule has 1 aliphatic heterocycles. The highest BCUT2D eigenvalue weighted by molar-refractivity contribution is 5.04. The smallest absolute Gasteiger partial charge is 0.0864 e. The molecule has 1 saturated carbocycles. The van der Waals surface area contributed by atoms with Gasteiger partial charge in [0.1, 0.15) is 0 Å². The molecule has 0 bridgehead atoms. The highest BCUT2D eigenvalue weighted by Gasteiger charge is 2.52. The van der Waals surface area contributed by atoms with E-state index in [-0.39, 0.29) is 11.2 Å². The van der Waals surface area contributed by atoms with E-state index in [0.717, 1.165) is 19.5 Å². The van der Waals surface area contributed by atoms with Crippen LogP contribution in [0.15, 0.2) is 0 Å². The van der Waals surface area contributed by atoms with Gasteiger partial charge in [-0.25, -0.2) is 0 Å². The molecule has 1 saturated heterocycles. The second kappa shape index (κ2) is 3.99. The summed E-state index contributed by atoms with van der Waals surface area (Å²) in [5.41, 5.74) is 0.427. The van der Waals surface area contributed by atoms with Gasteiger partial charge in [0, 0.05) is 13.1 Å². The molecule has 0 radical (unpaired) electrons. The summed E-state index contributed by atoms with van der Waals surface area (Å²) in [5.74, 6) is 0. The topological polar surface area (TPSA) is 21.3 Å². The number of ether oxygens (including phenoxy) is 1. The fourth-order valence-electron chi connectivity index (χ4n) is 3.33. The van der Waals surface area contributed by atoms with Gasteiger partial charge in [0.15, 0.2) is 0 Å². The van der Waals surface area contributed by atoms with Crippen LogP contribution in [0.4, 0.5) is 0 Å². The largest absolute Gasteiger partial charge is 0.366 e. The quantitative estimate of drug-likeness (QED) is 0.740. The van der Waals surface area contributed by atoms with Gasteiger partial charge < -0.3 is 10.1 Å². The first-order valence-corrected chi connectivity index (χ1v) is 6.84. The monoisotopic (exact) mass is 225 g/mol. The summed E-state index contributed by atoms with van der Waals surface area (Å²) in [5, 5.41) is 3.62. The van der Waals surface area contributed by atoms with E-state index in [1.807, 2.05) is 0 Å². The van der Waals surface area contributed by atoms with Gasteiger partial charge in [0.2, 0.25) is 0 Å². The van der Waals surface area contributed by atoms with Crippen molar-refractivity contribution >= 4 is 0 Å². The SMILES string of the molecule is CCC1(C)CNCC2(CCCCC2(C)C)O1. The third kappa shape index (κ3) is 1.91. The maximum absolute atomic E-state index is 6.60. The van der Waals surface area contributed by atoms with Crippen molar-refractivity contribution in [2.75, 3.05) is 13.1 Å². The second-order valence-corrected chi connectivity index (χ2v) is 6.59. The number of hydrogen-bond acceptors (Lipinski definition) is 2. The van der Waals surface area contributed by atoms with Crippen molar-refractivity contribution in [1.29, 1.82) is 0 Å². The molecule has 2 nitrogen and oxygen atoms in total. The van der Waals surface area contributed by atoms with Crippen molar-refractivity contribution < 1.29 is 4.74 Å². The highest BCUT2D eigenvalue weighted by atomic mass is 16.5. The molecular formula is C14H27NO. The van der Waals surface area contributed by atoms with Crippen LogP contribution in [0.5, 0.6) is 0 Å². The predicted octanol–water partition coefficient (Wildman–Crippen LogP) is 3.11. The average molecular weight is 225 g/mol. The summed E-state index contributed by atoms with van der Waals surface area (Å²) in [7, 11) is 0. The first kappa shape index (κ1) is 12.4. The zero-order valence-corrected chi connectivity index (χ0v) is 11.4. The Morgan fingerprint density at radius 3 is 2.38 bits per heavy atom. The fourth-order valence-corrected chi connectivity index (χ4v) is 3.33. The van der Waals surface area contributed by atoms with E-state index >= 15 is 0 Å². The summed E-state index contributed by atoms with van der Waals surface area (Å²) in [4.78, 5) is 0. The Morgan fingerprint density at radius 1 is 1.06 bits per heavy atom. The number of morpholine rings is 1. The first-order chi connectivity index (χ1) is 7.43. The molecule has 1 heterocycles. The van der Waals surface area contributed by atoms with Gasteiger partial charge in [-0.05, 0) is 31.6 Å². The van der Waals surface area contributed by atoms with Crippen molar-refractivity contribution in [3.63, 3.8) is 0 Å². The lowest BCUT2D eigenvalue weighted by Gasteiger charge is -2.56. The molecule has 0 amide bonds. The molecule has 1 aliphatic carbocycles. The van der Waals surface area contributed by atoms with Gasteiger partial charge in [-0.2, -0.15) is 0 Å². The minimum atomic E-state index is 0.0346. The fraction of sp³-hybridized carbons (Fsp3) is 1.00. The van der Waals surface area contributed by atoms with E-state index in [1.165, 1.54) is 25.7 Å². The first-order valence-electron chi connectivity index (χ1n) is 6.84. The molecule has 2 heteroatoms. The Morgan fingerprint density at radius 2 is 1.75 bits per heavy atom. The van der Waals surface area contributed by atoms with Crippen molar-refractivity contribution in [3.8, 4) is 0 Å². The van der Waals surface area contributed by atoms with Crippen molar-refractivity contribution in [1.82, 2.24) is 5.32 Å². The molecule has 2 unspecified atom stereocenters. The van der Waals surface area contributed by atoms with Gasteiger partial charge in [-0.1, -0.05) is 33.6 Å². The summed E-state index contributed by atoms with van der Waals surface area (Å²) < 4.78 is 6.60. The molecule has 94 valence electrons. The van der Waals surface area contributed by atoms with Crippen LogP contribution in [0.3, 0.4) is 0 Å². The van der Waals surface area contributed by atoms with Crippen LogP contribution >= 0.6 is 0 Å². The lowest BCUT2D eigenvalue weighted by atomic mass is 9.64. The molecule has 0 aromatic carbocycles. The number of rotatable bonds is 1. The van der Waals surface area contributed by atoms with Crippen LogP contribution in [0.1, 0.15) is 59.8 Å². The Hall–Kier alpha value is -0.0800. The Labute approximate surface area is 100 Å². The van der Waals surface area contributed by atoms with Gasteiger partial charge in [-0.3, -0.25) is 0 Å². The Kier molecular flexibility index (Phi) is 3.09. The lowest BCUT2D eigenvalue weighted by Crippen LogP contribution is -2.65. The predicted molar refractivity (Wildman–Crippen MR) is 67.6 cm³/mol. The van der Waals surface area contributed by atoms with E-state index in [1.54, 1.807) is 0 Å². The molecule has 1 N–H and O–H groups in total. The molecular weight excluding hydrogens is 198 g/mol.